The van der Waals surface area contributed by atoms with E-state index in [9.17, 15) is 4.79 Å². The van der Waals surface area contributed by atoms with Crippen molar-refractivity contribution in [2.45, 2.75) is 32.6 Å². The molecule has 0 unspecified atom stereocenters. The Bertz CT molecular complexity index is 372. The number of rotatable bonds is 4. The molecule has 1 N–H and O–H groups in total. The van der Waals surface area contributed by atoms with E-state index >= 15 is 0 Å². The van der Waals surface area contributed by atoms with Crippen molar-refractivity contribution in [1.29, 1.82) is 0 Å². The van der Waals surface area contributed by atoms with E-state index in [-0.39, 0.29) is 5.91 Å². The minimum absolute atomic E-state index is 0.236. The average molecular weight is 232 g/mol. The van der Waals surface area contributed by atoms with E-state index in [4.69, 9.17) is 0 Å². The minimum Gasteiger partial charge on any atom is -0.278 e. The highest BCUT2D eigenvalue weighted by Gasteiger charge is 2.16. The molecule has 0 radical (unpaired) electrons. The van der Waals surface area contributed by atoms with E-state index in [1.807, 2.05) is 0 Å². The van der Waals surface area contributed by atoms with Gasteiger partial charge in [0.15, 0.2) is 0 Å². The van der Waals surface area contributed by atoms with Gasteiger partial charge in [-0.1, -0.05) is 29.8 Å². The largest absolute Gasteiger partial charge is 0.278 e. The molecule has 3 nitrogen and oxygen atoms in total. The number of nitrogens with zero attached hydrogens (tertiary/aromatic N) is 1. The molecule has 0 atom stereocenters. The lowest BCUT2D eigenvalue weighted by molar-refractivity contribution is -0.136. The van der Waals surface area contributed by atoms with Gasteiger partial charge < -0.3 is 0 Å². The number of amides is 1. The predicted molar refractivity (Wildman–Crippen MR) is 68.4 cm³/mol. The summed E-state index contributed by atoms with van der Waals surface area (Å²) in [7, 11) is 0. The van der Waals surface area contributed by atoms with Gasteiger partial charge >= 0.3 is 0 Å². The van der Waals surface area contributed by atoms with Gasteiger partial charge in [0, 0.05) is 19.5 Å². The molecule has 1 aromatic rings. The van der Waals surface area contributed by atoms with Gasteiger partial charge in [-0.3, -0.25) is 9.80 Å². The van der Waals surface area contributed by atoms with Gasteiger partial charge in [0.2, 0.25) is 5.91 Å². The van der Waals surface area contributed by atoms with Crippen LogP contribution in [0.1, 0.15) is 30.4 Å². The summed E-state index contributed by atoms with van der Waals surface area (Å²) in [5, 5.41) is 1.78. The van der Waals surface area contributed by atoms with Crippen LogP contribution in [-0.2, 0) is 11.2 Å². The second-order valence-electron chi connectivity index (χ2n) is 4.65. The first kappa shape index (κ1) is 12.1. The molecule has 0 saturated carbocycles. The van der Waals surface area contributed by atoms with Gasteiger partial charge in [0.25, 0.3) is 0 Å². The van der Waals surface area contributed by atoms with Gasteiger partial charge in [-0.15, -0.1) is 0 Å². The van der Waals surface area contributed by atoms with E-state index in [1.54, 1.807) is 5.01 Å². The van der Waals surface area contributed by atoms with Crippen LogP contribution in [0.4, 0.5) is 0 Å². The van der Waals surface area contributed by atoms with Crippen molar-refractivity contribution in [3.05, 3.63) is 35.4 Å². The molecule has 0 aromatic heterocycles. The number of carbonyl (C=O) groups excluding carboxylic acids is 1. The highest BCUT2D eigenvalue weighted by Crippen LogP contribution is 2.08. The van der Waals surface area contributed by atoms with E-state index in [0.717, 1.165) is 32.4 Å². The Labute approximate surface area is 103 Å². The zero-order valence-corrected chi connectivity index (χ0v) is 10.4. The van der Waals surface area contributed by atoms with Crippen LogP contribution in [-0.4, -0.2) is 24.0 Å². The molecule has 3 heteroatoms. The summed E-state index contributed by atoms with van der Waals surface area (Å²) >= 11 is 0. The normalized spacial score (nSPS) is 16.3. The molecule has 1 amide bonds. The van der Waals surface area contributed by atoms with E-state index in [2.05, 4.69) is 36.6 Å². The van der Waals surface area contributed by atoms with Crippen molar-refractivity contribution in [2.75, 3.05) is 13.1 Å². The molecule has 1 aromatic carbocycles. The highest BCUT2D eigenvalue weighted by molar-refractivity contribution is 5.76. The fourth-order valence-electron chi connectivity index (χ4n) is 2.08. The first-order valence-electron chi connectivity index (χ1n) is 6.35. The van der Waals surface area contributed by atoms with Crippen molar-refractivity contribution in [1.82, 2.24) is 10.4 Å². The maximum absolute atomic E-state index is 11.5. The number of hydrogen-bond acceptors (Lipinski definition) is 2. The molecule has 17 heavy (non-hydrogen) atoms. The van der Waals surface area contributed by atoms with Crippen LogP contribution in [0.2, 0.25) is 0 Å². The van der Waals surface area contributed by atoms with Gasteiger partial charge in [-0.2, -0.15) is 0 Å². The molecule has 0 bridgehead atoms. The van der Waals surface area contributed by atoms with Gasteiger partial charge in [0.05, 0.1) is 0 Å². The first-order chi connectivity index (χ1) is 8.25. The summed E-state index contributed by atoms with van der Waals surface area (Å²) < 4.78 is 0. The lowest BCUT2D eigenvalue weighted by Crippen LogP contribution is -2.47. The summed E-state index contributed by atoms with van der Waals surface area (Å²) in [5.74, 6) is 0.236. The summed E-state index contributed by atoms with van der Waals surface area (Å²) in [6.45, 7) is 3.84. The van der Waals surface area contributed by atoms with Crippen molar-refractivity contribution in [2.24, 2.45) is 0 Å². The standard InChI is InChI=1S/C14H20N2O/c1-12-6-8-13(9-7-12)4-3-11-16-14(17)5-2-10-15-16/h6-9,15H,2-5,10-11H2,1H3. The van der Waals surface area contributed by atoms with Crippen LogP contribution in [0, 0.1) is 6.92 Å². The molecule has 1 fully saturated rings. The van der Waals surface area contributed by atoms with Gasteiger partial charge in [0.1, 0.15) is 0 Å². The van der Waals surface area contributed by atoms with Crippen molar-refractivity contribution >= 4 is 5.91 Å². The minimum atomic E-state index is 0.236. The highest BCUT2D eigenvalue weighted by atomic mass is 16.2. The monoisotopic (exact) mass is 232 g/mol. The fraction of sp³-hybridized carbons (Fsp3) is 0.500. The first-order valence-corrected chi connectivity index (χ1v) is 6.35. The average Bonchev–Trinajstić information content (AvgIpc) is 2.34. The zero-order chi connectivity index (χ0) is 12.1. The van der Waals surface area contributed by atoms with Crippen LogP contribution >= 0.6 is 0 Å². The fourth-order valence-corrected chi connectivity index (χ4v) is 2.08. The summed E-state index contributed by atoms with van der Waals surface area (Å²) in [6, 6.07) is 8.61. The molecule has 2 rings (SSSR count). The van der Waals surface area contributed by atoms with Gasteiger partial charge in [-0.05, 0) is 31.7 Å². The lowest BCUT2D eigenvalue weighted by Gasteiger charge is -2.27. The Morgan fingerprint density at radius 3 is 2.76 bits per heavy atom. The Morgan fingerprint density at radius 1 is 1.29 bits per heavy atom. The van der Waals surface area contributed by atoms with Crippen LogP contribution < -0.4 is 5.43 Å². The third kappa shape index (κ3) is 3.56. The second-order valence-corrected chi connectivity index (χ2v) is 4.65. The Balaban J connectivity index is 1.75. The topological polar surface area (TPSA) is 32.3 Å². The maximum atomic E-state index is 11.5. The number of benzene rings is 1. The van der Waals surface area contributed by atoms with E-state index in [1.165, 1.54) is 11.1 Å². The van der Waals surface area contributed by atoms with Crippen LogP contribution in [0.25, 0.3) is 0 Å². The van der Waals surface area contributed by atoms with Crippen molar-refractivity contribution in [3.63, 3.8) is 0 Å². The molecule has 1 aliphatic rings. The quantitative estimate of drug-likeness (QED) is 0.861. The third-order valence-electron chi connectivity index (χ3n) is 3.14. The molecule has 1 aliphatic heterocycles. The molecule has 1 saturated heterocycles. The number of aryl methyl sites for hydroxylation is 2. The molecule has 0 spiro atoms. The predicted octanol–water partition coefficient (Wildman–Crippen LogP) is 2.05. The second kappa shape index (κ2) is 5.82. The smallest absolute Gasteiger partial charge is 0.236 e. The Hall–Kier alpha value is -1.35. The van der Waals surface area contributed by atoms with Crippen molar-refractivity contribution < 1.29 is 4.79 Å². The Morgan fingerprint density at radius 2 is 2.06 bits per heavy atom. The zero-order valence-electron chi connectivity index (χ0n) is 10.4. The maximum Gasteiger partial charge on any atom is 0.236 e. The van der Waals surface area contributed by atoms with Gasteiger partial charge in [-0.25, -0.2) is 5.43 Å². The third-order valence-corrected chi connectivity index (χ3v) is 3.14. The van der Waals surface area contributed by atoms with E-state index in [0.29, 0.717) is 6.42 Å². The molecule has 0 aliphatic carbocycles. The molecular weight excluding hydrogens is 212 g/mol. The van der Waals surface area contributed by atoms with Crippen LogP contribution in [0.3, 0.4) is 0 Å². The van der Waals surface area contributed by atoms with Crippen molar-refractivity contribution in [3.8, 4) is 0 Å². The van der Waals surface area contributed by atoms with E-state index < -0.39 is 0 Å². The Kier molecular flexibility index (Phi) is 4.15. The summed E-state index contributed by atoms with van der Waals surface area (Å²) in [6.07, 6.45) is 3.71. The summed E-state index contributed by atoms with van der Waals surface area (Å²) in [4.78, 5) is 11.5. The SMILES string of the molecule is Cc1ccc(CCCN2NCCCC2=O)cc1. The van der Waals surface area contributed by atoms with Crippen LogP contribution in [0.15, 0.2) is 24.3 Å². The molecule has 92 valence electrons. The lowest BCUT2D eigenvalue weighted by atomic mass is 10.1. The number of nitrogens with one attached hydrogen (secondary N) is 1. The summed E-state index contributed by atoms with van der Waals surface area (Å²) in [5.41, 5.74) is 5.79. The number of hydrogen-bond donors (Lipinski definition) is 1. The number of hydrazine groups is 1. The molecule has 1 heterocycles. The van der Waals surface area contributed by atoms with Crippen LogP contribution in [0.5, 0.6) is 0 Å². The molecular formula is C14H20N2O. The number of carbonyl (C=O) groups is 1.